The molecule has 38 heavy (non-hydrogen) atoms. The van der Waals surface area contributed by atoms with E-state index in [1.54, 1.807) is 43.3 Å². The molecule has 0 aliphatic carbocycles. The van der Waals surface area contributed by atoms with E-state index in [2.05, 4.69) is 30.3 Å². The van der Waals surface area contributed by atoms with Gasteiger partial charge in [-0.1, -0.05) is 25.9 Å². The second-order valence-electron chi connectivity index (χ2n) is 10.2. The van der Waals surface area contributed by atoms with Crippen molar-refractivity contribution in [3.8, 4) is 5.88 Å². The number of anilines is 2. The van der Waals surface area contributed by atoms with Gasteiger partial charge in [-0.2, -0.15) is 0 Å². The third-order valence-electron chi connectivity index (χ3n) is 7.09. The molecule has 5 rings (SSSR count). The maximum Gasteiger partial charge on any atom is 0.340 e. The van der Waals surface area contributed by atoms with E-state index in [9.17, 15) is 9.59 Å². The normalized spacial score (nSPS) is 19.2. The summed E-state index contributed by atoms with van der Waals surface area (Å²) in [6.45, 7) is 9.94. The lowest BCUT2D eigenvalue weighted by atomic mass is 9.92. The highest BCUT2D eigenvalue weighted by atomic mass is 16.5. The van der Waals surface area contributed by atoms with Crippen molar-refractivity contribution in [2.75, 3.05) is 18.4 Å². The van der Waals surface area contributed by atoms with Crippen LogP contribution in [0.4, 0.5) is 11.6 Å². The molecule has 0 saturated carbocycles. The molecule has 196 valence electrons. The first kappa shape index (κ1) is 25.2. The Kier molecular flexibility index (Phi) is 6.28. The number of fused-ring (bicyclic) bond motifs is 2. The van der Waals surface area contributed by atoms with Crippen LogP contribution in [-0.2, 0) is 15.1 Å². The van der Waals surface area contributed by atoms with Crippen LogP contribution in [-0.4, -0.2) is 57.0 Å². The Morgan fingerprint density at radius 1 is 1.21 bits per heavy atom. The lowest BCUT2D eigenvalue weighted by Crippen LogP contribution is -2.55. The highest BCUT2D eigenvalue weighted by molar-refractivity contribution is 5.93. The van der Waals surface area contributed by atoms with Gasteiger partial charge in [-0.15, -0.1) is 0 Å². The van der Waals surface area contributed by atoms with Crippen LogP contribution in [0.2, 0.25) is 0 Å². The fourth-order valence-corrected chi connectivity index (χ4v) is 4.61. The minimum Gasteiger partial charge on any atom is -0.470 e. The van der Waals surface area contributed by atoms with Crippen LogP contribution in [0.5, 0.6) is 5.88 Å². The first-order valence-electron chi connectivity index (χ1n) is 12.3. The summed E-state index contributed by atoms with van der Waals surface area (Å²) in [6, 6.07) is 5.24. The molecule has 0 bridgehead atoms. The topological polar surface area (TPSA) is 155 Å². The number of likely N-dealkylation sites (tertiary alicyclic amines) is 1. The summed E-state index contributed by atoms with van der Waals surface area (Å²) in [5.74, 6) is 0.997. The van der Waals surface area contributed by atoms with Crippen LogP contribution in [0, 0.1) is 0 Å². The number of rotatable bonds is 6. The van der Waals surface area contributed by atoms with Crippen molar-refractivity contribution in [2.24, 2.45) is 5.11 Å². The van der Waals surface area contributed by atoms with Crippen LogP contribution >= 0.6 is 0 Å². The summed E-state index contributed by atoms with van der Waals surface area (Å²) in [4.78, 5) is 42.2. The molecule has 0 spiro atoms. The lowest BCUT2D eigenvalue weighted by Gasteiger charge is -2.38. The van der Waals surface area contributed by atoms with E-state index in [-0.39, 0.29) is 30.0 Å². The molecule has 0 unspecified atom stereocenters. The van der Waals surface area contributed by atoms with Gasteiger partial charge in [0.2, 0.25) is 11.8 Å². The first-order chi connectivity index (χ1) is 18.1. The molecule has 1 saturated heterocycles. The maximum absolute atomic E-state index is 12.3. The number of carbonyl (C=O) groups is 2. The number of azide groups is 1. The fourth-order valence-electron chi connectivity index (χ4n) is 4.61. The van der Waals surface area contributed by atoms with Crippen molar-refractivity contribution >= 4 is 34.3 Å². The second-order valence-corrected chi connectivity index (χ2v) is 10.2. The molecule has 2 atom stereocenters. The Bertz CT molecular complexity index is 1490. The third kappa shape index (κ3) is 4.54. The molecule has 0 aromatic carbocycles. The molecule has 12 nitrogen and oxygen atoms in total. The molecule has 0 radical (unpaired) electrons. The molecule has 2 aliphatic rings. The van der Waals surface area contributed by atoms with Crippen molar-refractivity contribution in [2.45, 2.75) is 58.3 Å². The maximum atomic E-state index is 12.3. The standard InChI is InChI=1S/C26H28N8O4/c1-13-14(2)37-25(36)17-6-7-21(31-23(13)17)30-22-8-18-19(9-28-22)24(38-16-11-34(12-16)15(3)35)29-10-20(18)26(4,5)32-33-27/h6-10,13-14,16H,11-12H2,1-5H3,(H,28,30,31)/t13-,14-/m0/s1. The molecule has 1 N–H and O–H groups in total. The molecule has 2 aliphatic heterocycles. The quantitative estimate of drug-likeness (QED) is 0.216. The molecule has 1 amide bonds. The van der Waals surface area contributed by atoms with Crippen molar-refractivity contribution in [3.05, 3.63) is 57.9 Å². The summed E-state index contributed by atoms with van der Waals surface area (Å²) in [6.07, 6.45) is 2.85. The number of carbonyl (C=O) groups excluding carboxylic acids is 2. The molecule has 3 aromatic rings. The van der Waals surface area contributed by atoms with Crippen LogP contribution in [0.15, 0.2) is 35.7 Å². The Morgan fingerprint density at radius 2 is 1.97 bits per heavy atom. The summed E-state index contributed by atoms with van der Waals surface area (Å²) in [7, 11) is 0. The van der Waals surface area contributed by atoms with E-state index in [1.807, 2.05) is 19.9 Å². The van der Waals surface area contributed by atoms with Crippen LogP contribution in [0.25, 0.3) is 21.2 Å². The second kappa shape index (κ2) is 9.46. The van der Waals surface area contributed by atoms with Gasteiger partial charge in [0.15, 0.2) is 0 Å². The molecule has 12 heteroatoms. The van der Waals surface area contributed by atoms with Crippen molar-refractivity contribution in [3.63, 3.8) is 0 Å². The number of nitrogens with zero attached hydrogens (tertiary/aromatic N) is 7. The zero-order chi connectivity index (χ0) is 27.2. The Balaban J connectivity index is 1.51. The minimum atomic E-state index is -0.894. The monoisotopic (exact) mass is 516 g/mol. The third-order valence-corrected chi connectivity index (χ3v) is 7.09. The average Bonchev–Trinajstić information content (AvgIpc) is 2.84. The van der Waals surface area contributed by atoms with Gasteiger partial charge < -0.3 is 19.7 Å². The van der Waals surface area contributed by atoms with E-state index in [0.29, 0.717) is 52.8 Å². The zero-order valence-corrected chi connectivity index (χ0v) is 21.8. The smallest absolute Gasteiger partial charge is 0.340 e. The largest absolute Gasteiger partial charge is 0.470 e. The zero-order valence-electron chi connectivity index (χ0n) is 21.8. The lowest BCUT2D eigenvalue weighted by molar-refractivity contribution is -0.137. The number of aromatic nitrogens is 3. The Hall–Kier alpha value is -4.44. The summed E-state index contributed by atoms with van der Waals surface area (Å²) < 4.78 is 11.5. The number of cyclic esters (lactones) is 1. The molecule has 5 heterocycles. The van der Waals surface area contributed by atoms with Gasteiger partial charge in [0, 0.05) is 30.1 Å². The van der Waals surface area contributed by atoms with Crippen molar-refractivity contribution < 1.29 is 19.1 Å². The number of hydrogen-bond acceptors (Lipinski definition) is 9. The number of pyridine rings is 3. The van der Waals surface area contributed by atoms with E-state index in [1.165, 1.54) is 6.92 Å². The predicted octanol–water partition coefficient (Wildman–Crippen LogP) is 4.59. The van der Waals surface area contributed by atoms with Crippen molar-refractivity contribution in [1.29, 1.82) is 0 Å². The number of hydrogen-bond donors (Lipinski definition) is 1. The number of nitrogens with one attached hydrogen (secondary N) is 1. The van der Waals surface area contributed by atoms with Gasteiger partial charge in [-0.05, 0) is 41.6 Å². The summed E-state index contributed by atoms with van der Waals surface area (Å²) >= 11 is 0. The SMILES string of the molecule is CC(=O)N1CC(Oc2ncc(C(C)(C)N=[N+]=[N-])c3cc(Nc4ccc5c(n4)[C@@H](C)[C@H](C)OC5=O)ncc23)C1. The first-order valence-corrected chi connectivity index (χ1v) is 12.3. The van der Waals surface area contributed by atoms with Crippen LogP contribution in [0.1, 0.15) is 62.2 Å². The highest BCUT2D eigenvalue weighted by Crippen LogP contribution is 2.37. The van der Waals surface area contributed by atoms with Gasteiger partial charge in [-0.25, -0.2) is 19.7 Å². The fraction of sp³-hybridized carbons (Fsp3) is 0.423. The predicted molar refractivity (Wildman–Crippen MR) is 139 cm³/mol. The van der Waals surface area contributed by atoms with E-state index >= 15 is 0 Å². The molecular formula is C26H28N8O4. The van der Waals surface area contributed by atoms with E-state index in [4.69, 9.17) is 15.0 Å². The van der Waals surface area contributed by atoms with Crippen LogP contribution in [0.3, 0.4) is 0 Å². The highest BCUT2D eigenvalue weighted by Gasteiger charge is 2.33. The van der Waals surface area contributed by atoms with E-state index < -0.39 is 5.54 Å². The molecule has 3 aromatic heterocycles. The van der Waals surface area contributed by atoms with Crippen molar-refractivity contribution in [1.82, 2.24) is 19.9 Å². The average molecular weight is 517 g/mol. The van der Waals surface area contributed by atoms with Crippen LogP contribution < -0.4 is 10.1 Å². The summed E-state index contributed by atoms with van der Waals surface area (Å²) in [5, 5.41) is 8.59. The van der Waals surface area contributed by atoms with Gasteiger partial charge in [0.1, 0.15) is 23.8 Å². The van der Waals surface area contributed by atoms with Gasteiger partial charge in [-0.3, -0.25) is 4.79 Å². The van der Waals surface area contributed by atoms with E-state index in [0.717, 1.165) is 5.39 Å². The number of ether oxygens (including phenoxy) is 2. The minimum absolute atomic E-state index is 0.00282. The molecular weight excluding hydrogens is 488 g/mol. The Morgan fingerprint density at radius 3 is 2.68 bits per heavy atom. The number of amides is 1. The van der Waals surface area contributed by atoms with Gasteiger partial charge in [0.05, 0.1) is 35.3 Å². The summed E-state index contributed by atoms with van der Waals surface area (Å²) in [5.41, 5.74) is 10.1. The van der Waals surface area contributed by atoms with Gasteiger partial charge in [0.25, 0.3) is 0 Å². The molecule has 1 fully saturated rings. The number of esters is 1. The van der Waals surface area contributed by atoms with Gasteiger partial charge >= 0.3 is 5.97 Å². The Labute approximate surface area is 219 Å².